The molecule has 0 nitrogen and oxygen atoms in total. The van der Waals surface area contributed by atoms with E-state index in [-0.39, 0.29) is 5.82 Å². The second kappa shape index (κ2) is 3.68. The maximum atomic E-state index is 12.9. The van der Waals surface area contributed by atoms with E-state index in [1.54, 1.807) is 12.0 Å². The fourth-order valence-electron chi connectivity index (χ4n) is 0.855. The first-order valence-corrected chi connectivity index (χ1v) is 3.66. The van der Waals surface area contributed by atoms with Gasteiger partial charge in [-0.25, -0.2) is 0 Å². The first-order chi connectivity index (χ1) is 5.24. The molecule has 0 heterocycles. The SMILES string of the molecule is B=CCc1cc(Cl)ccc1F. The van der Waals surface area contributed by atoms with E-state index in [1.165, 1.54) is 12.1 Å². The molecule has 0 amide bonds. The topological polar surface area (TPSA) is 0 Å². The molecule has 0 saturated carbocycles. The predicted molar refractivity (Wildman–Crippen MR) is 48.3 cm³/mol. The van der Waals surface area contributed by atoms with Crippen LogP contribution in [0, 0.1) is 5.82 Å². The van der Waals surface area contributed by atoms with E-state index >= 15 is 0 Å². The Morgan fingerprint density at radius 2 is 2.27 bits per heavy atom. The van der Waals surface area contributed by atoms with E-state index in [9.17, 15) is 4.39 Å². The summed E-state index contributed by atoms with van der Waals surface area (Å²) in [6.45, 7) is 0. The predicted octanol–water partition coefficient (Wildman–Crippen LogP) is 1.72. The van der Waals surface area contributed by atoms with Crippen LogP contribution in [0.2, 0.25) is 5.02 Å². The molecule has 0 saturated heterocycles. The van der Waals surface area contributed by atoms with Crippen LogP contribution in [-0.2, 0) is 6.42 Å². The summed E-state index contributed by atoms with van der Waals surface area (Å²) < 4.78 is 12.9. The molecule has 1 aromatic rings. The molecule has 0 aliphatic heterocycles. The number of rotatable bonds is 2. The Kier molecular flexibility index (Phi) is 2.83. The van der Waals surface area contributed by atoms with Gasteiger partial charge in [0.1, 0.15) is 0 Å². The van der Waals surface area contributed by atoms with Crippen molar-refractivity contribution in [2.45, 2.75) is 6.42 Å². The van der Waals surface area contributed by atoms with Crippen molar-refractivity contribution >= 4 is 25.1 Å². The van der Waals surface area contributed by atoms with Crippen LogP contribution >= 0.6 is 11.6 Å². The van der Waals surface area contributed by atoms with Crippen LogP contribution in [0.4, 0.5) is 4.39 Å². The minimum absolute atomic E-state index is 0.227. The molecule has 0 aromatic heterocycles. The summed E-state index contributed by atoms with van der Waals surface area (Å²) in [7, 11) is 3.52. The summed E-state index contributed by atoms with van der Waals surface area (Å²) in [4.78, 5) is 0. The van der Waals surface area contributed by atoms with Crippen molar-refractivity contribution in [3.8, 4) is 0 Å². The van der Waals surface area contributed by atoms with Crippen molar-refractivity contribution < 1.29 is 4.39 Å². The monoisotopic (exact) mass is 168 g/mol. The van der Waals surface area contributed by atoms with Gasteiger partial charge in [-0.3, -0.25) is 0 Å². The molecule has 0 fully saturated rings. The van der Waals surface area contributed by atoms with Crippen molar-refractivity contribution in [1.82, 2.24) is 0 Å². The van der Waals surface area contributed by atoms with E-state index in [2.05, 4.69) is 7.49 Å². The van der Waals surface area contributed by atoms with Crippen LogP contribution in [0.1, 0.15) is 5.56 Å². The molecule has 0 radical (unpaired) electrons. The van der Waals surface area contributed by atoms with Crippen molar-refractivity contribution in [3.63, 3.8) is 0 Å². The molecule has 0 aliphatic carbocycles. The zero-order chi connectivity index (χ0) is 8.27. The van der Waals surface area contributed by atoms with Gasteiger partial charge in [-0.15, -0.1) is 0 Å². The molecule has 0 spiro atoms. The Balaban J connectivity index is 3.01. The number of benzene rings is 1. The third-order valence-corrected chi connectivity index (χ3v) is 1.61. The summed E-state index contributed by atoms with van der Waals surface area (Å²) >= 11 is 5.65. The van der Waals surface area contributed by atoms with Gasteiger partial charge in [0.25, 0.3) is 0 Å². The quantitative estimate of drug-likeness (QED) is 0.590. The third kappa shape index (κ3) is 2.16. The fourth-order valence-corrected chi connectivity index (χ4v) is 1.05. The van der Waals surface area contributed by atoms with Crippen LogP contribution < -0.4 is 0 Å². The van der Waals surface area contributed by atoms with E-state index in [4.69, 9.17) is 11.6 Å². The van der Waals surface area contributed by atoms with Gasteiger partial charge < -0.3 is 0 Å². The Morgan fingerprint density at radius 3 is 2.91 bits per heavy atom. The Labute approximate surface area is 71.1 Å². The van der Waals surface area contributed by atoms with Gasteiger partial charge in [-0.1, -0.05) is 0 Å². The molecule has 0 N–H and O–H groups in total. The van der Waals surface area contributed by atoms with E-state index in [1.807, 2.05) is 0 Å². The molecule has 0 unspecified atom stereocenters. The average Bonchev–Trinajstić information content (AvgIpc) is 1.98. The van der Waals surface area contributed by atoms with Gasteiger partial charge in [0.05, 0.1) is 0 Å². The molecular formula is C8H7BClF. The number of halogens is 2. The van der Waals surface area contributed by atoms with Crippen LogP contribution in [0.5, 0.6) is 0 Å². The zero-order valence-electron chi connectivity index (χ0n) is 5.98. The molecular weight excluding hydrogens is 161 g/mol. The first-order valence-electron chi connectivity index (χ1n) is 3.29. The van der Waals surface area contributed by atoms with Crippen molar-refractivity contribution in [2.75, 3.05) is 0 Å². The van der Waals surface area contributed by atoms with Crippen LogP contribution in [0.3, 0.4) is 0 Å². The van der Waals surface area contributed by atoms with Gasteiger partial charge in [0, 0.05) is 0 Å². The zero-order valence-corrected chi connectivity index (χ0v) is 6.74. The van der Waals surface area contributed by atoms with Crippen molar-refractivity contribution in [1.29, 1.82) is 0 Å². The Morgan fingerprint density at radius 1 is 1.55 bits per heavy atom. The van der Waals surface area contributed by atoms with Gasteiger partial charge in [0.15, 0.2) is 0 Å². The van der Waals surface area contributed by atoms with Crippen molar-refractivity contribution in [3.05, 3.63) is 34.6 Å². The fraction of sp³-hybridized carbons (Fsp3) is 0.125. The Hall–Kier alpha value is -0.625. The van der Waals surface area contributed by atoms with E-state index in [0.29, 0.717) is 17.0 Å². The summed E-state index contributed by atoms with van der Waals surface area (Å²) in [5.41, 5.74) is 0.590. The third-order valence-electron chi connectivity index (χ3n) is 1.37. The van der Waals surface area contributed by atoms with Gasteiger partial charge in [0.2, 0.25) is 0 Å². The summed E-state index contributed by atoms with van der Waals surface area (Å²) in [6, 6.07) is 4.50. The first kappa shape index (κ1) is 8.47. The number of hydrogen-bond acceptors (Lipinski definition) is 0. The summed E-state index contributed by atoms with van der Waals surface area (Å²) in [6.07, 6.45) is 0.520. The van der Waals surface area contributed by atoms with Gasteiger partial charge >= 0.3 is 70.5 Å². The summed E-state index contributed by atoms with van der Waals surface area (Å²) in [5.74, 6) is 1.42. The van der Waals surface area contributed by atoms with Crippen LogP contribution in [-0.4, -0.2) is 13.5 Å². The molecule has 11 heavy (non-hydrogen) atoms. The Bertz CT molecular complexity index is 273. The standard InChI is InChI=1S/C8H7BClF/c9-4-3-6-5-7(10)1-2-8(6)11/h1-2,4-5,9H,3H2. The molecule has 0 atom stereocenters. The second-order valence-electron chi connectivity index (χ2n) is 2.23. The van der Waals surface area contributed by atoms with E-state index < -0.39 is 0 Å². The van der Waals surface area contributed by atoms with Crippen molar-refractivity contribution in [2.24, 2.45) is 0 Å². The molecule has 56 valence electrons. The molecule has 1 aromatic carbocycles. The summed E-state index contributed by atoms with van der Waals surface area (Å²) in [5, 5.41) is 0.559. The van der Waals surface area contributed by atoms with E-state index in [0.717, 1.165) is 0 Å². The minimum atomic E-state index is -0.227. The normalized spacial score (nSPS) is 9.55. The van der Waals surface area contributed by atoms with Gasteiger partial charge in [-0.2, -0.15) is 0 Å². The van der Waals surface area contributed by atoms with Crippen LogP contribution in [0.25, 0.3) is 0 Å². The molecule has 0 bridgehead atoms. The second-order valence-corrected chi connectivity index (χ2v) is 2.66. The van der Waals surface area contributed by atoms with Gasteiger partial charge in [-0.05, 0) is 0 Å². The van der Waals surface area contributed by atoms with Crippen LogP contribution in [0.15, 0.2) is 18.2 Å². The average molecular weight is 168 g/mol. The molecule has 3 heteroatoms. The molecule has 1 rings (SSSR count). The number of hydrogen-bond donors (Lipinski definition) is 0. The molecule has 0 aliphatic rings. The maximum absolute atomic E-state index is 12.9.